The zero-order valence-corrected chi connectivity index (χ0v) is 15.0. The SMILES string of the molecule is CNc1cccc(SN(CC(C)C)CC(C)(C)CCN)c1. The van der Waals surface area contributed by atoms with Crippen molar-refractivity contribution in [3.8, 4) is 0 Å². The van der Waals surface area contributed by atoms with Crippen LogP contribution in [0.2, 0.25) is 0 Å². The van der Waals surface area contributed by atoms with E-state index in [1.54, 1.807) is 0 Å². The van der Waals surface area contributed by atoms with Gasteiger partial charge in [-0.3, -0.25) is 0 Å². The Morgan fingerprint density at radius 1 is 1.33 bits per heavy atom. The molecule has 0 aliphatic rings. The lowest BCUT2D eigenvalue weighted by Crippen LogP contribution is -2.33. The highest BCUT2D eigenvalue weighted by Gasteiger charge is 2.22. The molecule has 3 nitrogen and oxygen atoms in total. The molecule has 1 rings (SSSR count). The lowest BCUT2D eigenvalue weighted by Gasteiger charge is -2.32. The Hall–Kier alpha value is -0.710. The summed E-state index contributed by atoms with van der Waals surface area (Å²) in [6.45, 7) is 12.0. The van der Waals surface area contributed by atoms with Gasteiger partial charge in [-0.25, -0.2) is 4.31 Å². The van der Waals surface area contributed by atoms with Crippen molar-refractivity contribution >= 4 is 17.6 Å². The summed E-state index contributed by atoms with van der Waals surface area (Å²) in [5.41, 5.74) is 7.15. The molecule has 0 bridgehead atoms. The van der Waals surface area contributed by atoms with Gasteiger partial charge in [-0.1, -0.05) is 33.8 Å². The van der Waals surface area contributed by atoms with Gasteiger partial charge in [0.05, 0.1) is 0 Å². The molecule has 0 aromatic heterocycles. The van der Waals surface area contributed by atoms with Crippen molar-refractivity contribution in [3.05, 3.63) is 24.3 Å². The van der Waals surface area contributed by atoms with Gasteiger partial charge in [0.25, 0.3) is 0 Å². The van der Waals surface area contributed by atoms with Crippen LogP contribution in [0.1, 0.15) is 34.1 Å². The number of benzene rings is 1. The number of nitrogens with two attached hydrogens (primary N) is 1. The predicted octanol–water partition coefficient (Wildman–Crippen LogP) is 4.07. The van der Waals surface area contributed by atoms with Crippen LogP contribution in [0, 0.1) is 11.3 Å². The Morgan fingerprint density at radius 2 is 2.05 bits per heavy atom. The van der Waals surface area contributed by atoms with E-state index in [2.05, 4.69) is 61.6 Å². The number of nitrogens with zero attached hydrogens (tertiary/aromatic N) is 1. The molecule has 0 amide bonds. The Kier molecular flexibility index (Phi) is 7.57. The second-order valence-corrected chi connectivity index (χ2v) is 7.96. The lowest BCUT2D eigenvalue weighted by atomic mass is 9.89. The maximum Gasteiger partial charge on any atom is 0.0349 e. The largest absolute Gasteiger partial charge is 0.388 e. The van der Waals surface area contributed by atoms with Crippen LogP contribution in [0.25, 0.3) is 0 Å². The number of hydrogen-bond donors (Lipinski definition) is 2. The van der Waals surface area contributed by atoms with E-state index in [9.17, 15) is 0 Å². The highest BCUT2D eigenvalue weighted by Crippen LogP contribution is 2.31. The Balaban J connectivity index is 2.77. The van der Waals surface area contributed by atoms with Crippen molar-refractivity contribution in [1.29, 1.82) is 0 Å². The summed E-state index contributed by atoms with van der Waals surface area (Å²) in [5, 5.41) is 3.20. The third-order valence-electron chi connectivity index (χ3n) is 3.35. The second-order valence-electron chi connectivity index (χ2n) is 6.79. The van der Waals surface area contributed by atoms with Crippen LogP contribution in [0.3, 0.4) is 0 Å². The normalized spacial score (nSPS) is 12.2. The number of rotatable bonds is 9. The second kappa shape index (κ2) is 8.66. The molecule has 0 radical (unpaired) electrons. The molecule has 1 aromatic rings. The molecule has 0 saturated carbocycles. The third-order valence-corrected chi connectivity index (χ3v) is 4.35. The summed E-state index contributed by atoms with van der Waals surface area (Å²) in [6, 6.07) is 8.57. The summed E-state index contributed by atoms with van der Waals surface area (Å²) >= 11 is 1.85. The van der Waals surface area contributed by atoms with Crippen LogP contribution in [0.5, 0.6) is 0 Å². The van der Waals surface area contributed by atoms with Crippen LogP contribution < -0.4 is 11.1 Å². The quantitative estimate of drug-likeness (QED) is 0.675. The van der Waals surface area contributed by atoms with Crippen LogP contribution in [-0.4, -0.2) is 31.0 Å². The van der Waals surface area contributed by atoms with Crippen LogP contribution in [0.15, 0.2) is 29.2 Å². The van der Waals surface area contributed by atoms with E-state index in [0.29, 0.717) is 5.92 Å². The molecular weight excluding hydrogens is 278 g/mol. The molecule has 0 unspecified atom stereocenters. The maximum absolute atomic E-state index is 5.75. The van der Waals surface area contributed by atoms with Crippen molar-refractivity contribution in [2.45, 2.75) is 39.0 Å². The van der Waals surface area contributed by atoms with E-state index in [4.69, 9.17) is 5.73 Å². The van der Waals surface area contributed by atoms with E-state index >= 15 is 0 Å². The van der Waals surface area contributed by atoms with Crippen molar-refractivity contribution in [1.82, 2.24) is 4.31 Å². The van der Waals surface area contributed by atoms with E-state index in [1.807, 2.05) is 19.0 Å². The first kappa shape index (κ1) is 18.3. The first-order chi connectivity index (χ1) is 9.86. The van der Waals surface area contributed by atoms with E-state index < -0.39 is 0 Å². The molecule has 0 fully saturated rings. The smallest absolute Gasteiger partial charge is 0.0349 e. The third kappa shape index (κ3) is 7.21. The van der Waals surface area contributed by atoms with E-state index in [-0.39, 0.29) is 5.41 Å². The molecule has 1 aromatic carbocycles. The Morgan fingerprint density at radius 3 is 2.62 bits per heavy atom. The summed E-state index contributed by atoms with van der Waals surface area (Å²) in [7, 11) is 1.96. The van der Waals surface area contributed by atoms with E-state index in [0.717, 1.165) is 31.7 Å². The van der Waals surface area contributed by atoms with Gasteiger partial charge in [0.1, 0.15) is 0 Å². The standard InChI is InChI=1S/C17H31N3S/c1-14(2)12-20(13-17(3,4)9-10-18)21-16-8-6-7-15(11-16)19-5/h6-8,11,14,19H,9-10,12-13,18H2,1-5H3. The molecule has 120 valence electrons. The van der Waals surface area contributed by atoms with E-state index in [1.165, 1.54) is 4.90 Å². The van der Waals surface area contributed by atoms with Crippen molar-refractivity contribution in [2.24, 2.45) is 17.1 Å². The fourth-order valence-electron chi connectivity index (χ4n) is 2.35. The predicted molar refractivity (Wildman–Crippen MR) is 95.7 cm³/mol. The minimum absolute atomic E-state index is 0.247. The molecule has 0 heterocycles. The molecule has 0 atom stereocenters. The highest BCUT2D eigenvalue weighted by molar-refractivity contribution is 7.97. The fourth-order valence-corrected chi connectivity index (χ4v) is 3.75. The van der Waals surface area contributed by atoms with Gasteiger partial charge in [0.2, 0.25) is 0 Å². The molecule has 21 heavy (non-hydrogen) atoms. The molecule has 3 N–H and O–H groups in total. The number of anilines is 1. The molecule has 0 aliphatic carbocycles. The zero-order valence-electron chi connectivity index (χ0n) is 14.1. The average molecular weight is 310 g/mol. The maximum atomic E-state index is 5.75. The van der Waals surface area contributed by atoms with Gasteiger partial charge in [-0.15, -0.1) is 0 Å². The summed E-state index contributed by atoms with van der Waals surface area (Å²) in [4.78, 5) is 1.28. The van der Waals surface area contributed by atoms with Gasteiger partial charge in [-0.2, -0.15) is 0 Å². The highest BCUT2D eigenvalue weighted by atomic mass is 32.2. The first-order valence-corrected chi connectivity index (χ1v) is 8.54. The zero-order chi connectivity index (χ0) is 15.9. The van der Waals surface area contributed by atoms with Crippen LogP contribution in [0.4, 0.5) is 5.69 Å². The van der Waals surface area contributed by atoms with Gasteiger partial charge in [0.15, 0.2) is 0 Å². The first-order valence-electron chi connectivity index (χ1n) is 7.77. The van der Waals surface area contributed by atoms with Gasteiger partial charge in [-0.05, 0) is 54.4 Å². The molecular formula is C17H31N3S. The van der Waals surface area contributed by atoms with Gasteiger partial charge in [0, 0.05) is 30.7 Å². The number of nitrogens with one attached hydrogen (secondary N) is 1. The minimum Gasteiger partial charge on any atom is -0.388 e. The van der Waals surface area contributed by atoms with Crippen molar-refractivity contribution < 1.29 is 0 Å². The van der Waals surface area contributed by atoms with Crippen molar-refractivity contribution in [3.63, 3.8) is 0 Å². The monoisotopic (exact) mass is 309 g/mol. The fraction of sp³-hybridized carbons (Fsp3) is 0.647. The number of hydrogen-bond acceptors (Lipinski definition) is 4. The molecule has 4 heteroatoms. The molecule has 0 spiro atoms. The van der Waals surface area contributed by atoms with Gasteiger partial charge < -0.3 is 11.1 Å². The summed E-state index contributed by atoms with van der Waals surface area (Å²) in [6.07, 6.45) is 1.05. The molecule has 0 saturated heterocycles. The Labute approximate surface area is 134 Å². The molecule has 0 aliphatic heterocycles. The van der Waals surface area contributed by atoms with Crippen LogP contribution in [-0.2, 0) is 0 Å². The van der Waals surface area contributed by atoms with Crippen LogP contribution >= 0.6 is 11.9 Å². The summed E-state index contributed by atoms with van der Waals surface area (Å²) in [5.74, 6) is 0.652. The summed E-state index contributed by atoms with van der Waals surface area (Å²) < 4.78 is 2.48. The van der Waals surface area contributed by atoms with Crippen molar-refractivity contribution in [2.75, 3.05) is 32.0 Å². The topological polar surface area (TPSA) is 41.3 Å². The van der Waals surface area contributed by atoms with Gasteiger partial charge >= 0.3 is 0 Å². The average Bonchev–Trinajstić information content (AvgIpc) is 2.37. The minimum atomic E-state index is 0.247. The lowest BCUT2D eigenvalue weighted by molar-refractivity contribution is 0.246. The Bertz CT molecular complexity index is 418.